The molecule has 2 fully saturated rings. The number of nitriles is 1. The predicted molar refractivity (Wildman–Crippen MR) is 127 cm³/mol. The minimum absolute atomic E-state index is 0.0839. The molecule has 2 aliphatic rings. The van der Waals surface area contributed by atoms with E-state index in [-0.39, 0.29) is 6.10 Å². The summed E-state index contributed by atoms with van der Waals surface area (Å²) in [4.78, 5) is 16.0. The van der Waals surface area contributed by atoms with Gasteiger partial charge in [0.05, 0.1) is 37.7 Å². The maximum atomic E-state index is 9.68. The van der Waals surface area contributed by atoms with Crippen molar-refractivity contribution in [3.05, 3.63) is 65.7 Å². The van der Waals surface area contributed by atoms with Crippen LogP contribution >= 0.6 is 0 Å². The number of hydrogen-bond donors (Lipinski definition) is 0. The van der Waals surface area contributed by atoms with Crippen LogP contribution < -0.4 is 9.64 Å². The van der Waals surface area contributed by atoms with Crippen molar-refractivity contribution in [1.82, 2.24) is 15.0 Å². The fourth-order valence-corrected chi connectivity index (χ4v) is 4.18. The van der Waals surface area contributed by atoms with E-state index in [1.54, 1.807) is 6.20 Å². The molecule has 0 radical (unpaired) electrons. The number of morpholine rings is 1. The molecule has 8 nitrogen and oxygen atoms in total. The molecule has 0 bridgehead atoms. The topological polar surface area (TPSA) is 93.4 Å². The van der Waals surface area contributed by atoms with Crippen molar-refractivity contribution >= 4 is 5.82 Å². The van der Waals surface area contributed by atoms with Crippen LogP contribution in [0.2, 0.25) is 0 Å². The van der Waals surface area contributed by atoms with E-state index in [0.29, 0.717) is 36.8 Å². The minimum Gasteiger partial charge on any atom is -0.489 e. The second kappa shape index (κ2) is 10.6. The summed E-state index contributed by atoms with van der Waals surface area (Å²) >= 11 is 0. The number of ether oxygens (including phenoxy) is 3. The van der Waals surface area contributed by atoms with Crippen molar-refractivity contribution in [1.29, 1.82) is 5.26 Å². The number of nitrogens with zero attached hydrogens (tertiary/aromatic N) is 5. The van der Waals surface area contributed by atoms with Crippen LogP contribution in [0.25, 0.3) is 11.3 Å². The lowest BCUT2D eigenvalue weighted by Gasteiger charge is -2.27. The van der Waals surface area contributed by atoms with E-state index in [1.807, 2.05) is 36.5 Å². The van der Waals surface area contributed by atoms with Crippen LogP contribution in [0.3, 0.4) is 0 Å². The summed E-state index contributed by atoms with van der Waals surface area (Å²) in [6.45, 7) is 4.59. The molecule has 2 saturated heterocycles. The van der Waals surface area contributed by atoms with E-state index in [1.165, 1.54) is 0 Å². The predicted octanol–water partition coefficient (Wildman–Crippen LogP) is 3.40. The molecule has 8 heteroatoms. The summed E-state index contributed by atoms with van der Waals surface area (Å²) < 4.78 is 16.9. The second-order valence-corrected chi connectivity index (χ2v) is 8.41. The zero-order valence-corrected chi connectivity index (χ0v) is 19.0. The molecule has 0 saturated carbocycles. The van der Waals surface area contributed by atoms with E-state index >= 15 is 0 Å². The lowest BCUT2D eigenvalue weighted by Crippen LogP contribution is -2.36. The van der Waals surface area contributed by atoms with Gasteiger partial charge in [0.1, 0.15) is 29.6 Å². The van der Waals surface area contributed by atoms with Crippen molar-refractivity contribution in [2.75, 3.05) is 44.4 Å². The Balaban J connectivity index is 1.29. The molecule has 0 spiro atoms. The normalized spacial score (nSPS) is 16.7. The van der Waals surface area contributed by atoms with Crippen LogP contribution in [0.15, 0.2) is 48.8 Å². The summed E-state index contributed by atoms with van der Waals surface area (Å²) in [6, 6.07) is 13.9. The summed E-state index contributed by atoms with van der Waals surface area (Å²) in [7, 11) is 0. The van der Waals surface area contributed by atoms with Crippen molar-refractivity contribution in [3.8, 4) is 23.1 Å². The molecule has 2 aromatic heterocycles. The van der Waals surface area contributed by atoms with E-state index < -0.39 is 0 Å². The Morgan fingerprint density at radius 1 is 1.00 bits per heavy atom. The van der Waals surface area contributed by atoms with E-state index in [9.17, 15) is 5.26 Å². The molecule has 0 N–H and O–H groups in total. The molecule has 5 rings (SSSR count). The quantitative estimate of drug-likeness (QED) is 0.556. The smallest absolute Gasteiger partial charge is 0.137 e. The second-order valence-electron chi connectivity index (χ2n) is 8.41. The molecular weight excluding hydrogens is 430 g/mol. The molecule has 174 valence electrons. The highest BCUT2D eigenvalue weighted by Gasteiger charge is 2.18. The van der Waals surface area contributed by atoms with Gasteiger partial charge in [-0.05, 0) is 35.9 Å². The van der Waals surface area contributed by atoms with Gasteiger partial charge in [-0.1, -0.05) is 6.07 Å². The van der Waals surface area contributed by atoms with Gasteiger partial charge in [-0.2, -0.15) is 5.26 Å². The molecule has 0 atom stereocenters. The van der Waals surface area contributed by atoms with Crippen LogP contribution in [0.5, 0.6) is 5.75 Å². The van der Waals surface area contributed by atoms with Crippen LogP contribution in [-0.2, 0) is 15.9 Å². The molecule has 0 amide bonds. The Bertz CT molecular complexity index is 1150. The number of aromatic nitrogens is 3. The Kier molecular flexibility index (Phi) is 6.94. The Labute approximate surface area is 199 Å². The van der Waals surface area contributed by atoms with Crippen molar-refractivity contribution in [2.24, 2.45) is 0 Å². The molecule has 3 aromatic rings. The molecule has 0 aliphatic carbocycles. The summed E-state index contributed by atoms with van der Waals surface area (Å²) in [6.07, 6.45) is 5.98. The van der Waals surface area contributed by atoms with Crippen LogP contribution in [0.1, 0.15) is 29.8 Å². The Hall–Kier alpha value is -3.54. The Morgan fingerprint density at radius 3 is 2.59 bits per heavy atom. The first-order chi connectivity index (χ1) is 16.8. The lowest BCUT2D eigenvalue weighted by atomic mass is 10.1. The van der Waals surface area contributed by atoms with Gasteiger partial charge in [-0.15, -0.1) is 0 Å². The number of rotatable bonds is 6. The Morgan fingerprint density at radius 2 is 1.82 bits per heavy atom. The molecule has 1 aromatic carbocycles. The highest BCUT2D eigenvalue weighted by Crippen LogP contribution is 2.27. The van der Waals surface area contributed by atoms with Gasteiger partial charge in [0.25, 0.3) is 0 Å². The van der Waals surface area contributed by atoms with Gasteiger partial charge in [0, 0.05) is 50.3 Å². The summed E-state index contributed by atoms with van der Waals surface area (Å²) in [5.41, 5.74) is 3.19. The molecule has 2 aliphatic heterocycles. The van der Waals surface area contributed by atoms with Gasteiger partial charge >= 0.3 is 0 Å². The monoisotopic (exact) mass is 457 g/mol. The highest BCUT2D eigenvalue weighted by molar-refractivity contribution is 5.64. The molecule has 0 unspecified atom stereocenters. The highest BCUT2D eigenvalue weighted by atomic mass is 16.5. The van der Waals surface area contributed by atoms with Crippen LogP contribution in [-0.4, -0.2) is 60.6 Å². The zero-order valence-electron chi connectivity index (χ0n) is 19.0. The third-order valence-corrected chi connectivity index (χ3v) is 6.07. The minimum atomic E-state index is 0.0839. The number of anilines is 1. The fourth-order valence-electron chi connectivity index (χ4n) is 4.18. The van der Waals surface area contributed by atoms with E-state index in [2.05, 4.69) is 27.0 Å². The molecular formula is C26H27N5O3. The van der Waals surface area contributed by atoms with Gasteiger partial charge in [-0.25, -0.2) is 15.0 Å². The maximum Gasteiger partial charge on any atom is 0.137 e. The van der Waals surface area contributed by atoms with Gasteiger partial charge < -0.3 is 19.1 Å². The number of hydrogen-bond acceptors (Lipinski definition) is 8. The van der Waals surface area contributed by atoms with Crippen molar-refractivity contribution in [3.63, 3.8) is 0 Å². The first-order valence-electron chi connectivity index (χ1n) is 11.7. The third kappa shape index (κ3) is 5.33. The van der Waals surface area contributed by atoms with Gasteiger partial charge in [0.15, 0.2) is 0 Å². The summed E-state index contributed by atoms with van der Waals surface area (Å²) in [5.74, 6) is 2.28. The first kappa shape index (κ1) is 22.3. The van der Waals surface area contributed by atoms with Gasteiger partial charge in [-0.3, -0.25) is 0 Å². The SMILES string of the molecule is N#Cc1cc(-c2ccnc(Cc3ccc(N4CCOCC4)nc3)n2)ccc1OC1CCOCC1. The van der Waals surface area contributed by atoms with Crippen molar-refractivity contribution < 1.29 is 14.2 Å². The standard InChI is InChI=1S/C26H27N5O3/c27-17-21-16-20(2-3-24(21)34-22-6-11-32-12-7-22)23-5-8-28-25(30-23)15-19-1-4-26(29-18-19)31-9-13-33-14-10-31/h1-5,8,16,18,22H,6-7,9-15H2. The van der Waals surface area contributed by atoms with Crippen molar-refractivity contribution in [2.45, 2.75) is 25.4 Å². The largest absolute Gasteiger partial charge is 0.489 e. The van der Waals surface area contributed by atoms with Gasteiger partial charge in [0.2, 0.25) is 0 Å². The zero-order chi connectivity index (χ0) is 23.2. The van der Waals surface area contributed by atoms with Crippen LogP contribution in [0.4, 0.5) is 5.82 Å². The van der Waals surface area contributed by atoms with Crippen LogP contribution in [0, 0.1) is 11.3 Å². The number of benzene rings is 1. The fraction of sp³-hybridized carbons (Fsp3) is 0.385. The average molecular weight is 458 g/mol. The lowest BCUT2D eigenvalue weighted by molar-refractivity contribution is 0.0254. The molecule has 4 heterocycles. The molecule has 34 heavy (non-hydrogen) atoms. The van der Waals surface area contributed by atoms with E-state index in [4.69, 9.17) is 19.2 Å². The third-order valence-electron chi connectivity index (χ3n) is 6.07. The average Bonchev–Trinajstić information content (AvgIpc) is 2.91. The van der Waals surface area contributed by atoms with E-state index in [0.717, 1.165) is 61.8 Å². The first-order valence-corrected chi connectivity index (χ1v) is 11.7. The maximum absolute atomic E-state index is 9.68. The number of pyridine rings is 1. The summed E-state index contributed by atoms with van der Waals surface area (Å²) in [5, 5.41) is 9.68.